The number of nitrogens with zero attached hydrogens (tertiary/aromatic N) is 2. The molecule has 0 radical (unpaired) electrons. The molecule has 19 heavy (non-hydrogen) atoms. The van der Waals surface area contributed by atoms with E-state index in [2.05, 4.69) is 15.7 Å². The van der Waals surface area contributed by atoms with Gasteiger partial charge in [0.15, 0.2) is 0 Å². The van der Waals surface area contributed by atoms with E-state index in [1.54, 1.807) is 6.20 Å². The number of hydrogen-bond acceptors (Lipinski definition) is 4. The van der Waals surface area contributed by atoms with Crippen molar-refractivity contribution in [2.75, 3.05) is 18.4 Å². The van der Waals surface area contributed by atoms with Crippen LogP contribution in [0.4, 0.5) is 5.69 Å². The Morgan fingerprint density at radius 1 is 1.53 bits per heavy atom. The first-order valence-electron chi connectivity index (χ1n) is 6.84. The zero-order valence-corrected chi connectivity index (χ0v) is 12.2. The smallest absolute Gasteiger partial charge is 0.287 e. The summed E-state index contributed by atoms with van der Waals surface area (Å²) in [4.78, 5) is 12.1. The highest BCUT2D eigenvalue weighted by molar-refractivity contribution is 6.32. The summed E-state index contributed by atoms with van der Waals surface area (Å²) in [5.74, 6) is 0. The Bertz CT molecular complexity index is 478. The van der Waals surface area contributed by atoms with Crippen LogP contribution < -0.4 is 16.2 Å². The third-order valence-electron chi connectivity index (χ3n) is 3.34. The Balaban J connectivity index is 2.16. The summed E-state index contributed by atoms with van der Waals surface area (Å²) in [6.45, 7) is 5.77. The fourth-order valence-electron chi connectivity index (χ4n) is 2.28. The molecule has 6 heteroatoms. The van der Waals surface area contributed by atoms with Gasteiger partial charge in [-0.3, -0.25) is 4.79 Å². The predicted molar refractivity (Wildman–Crippen MR) is 78.0 cm³/mol. The van der Waals surface area contributed by atoms with Crippen LogP contribution in [0.2, 0.25) is 5.02 Å². The van der Waals surface area contributed by atoms with Crippen molar-refractivity contribution in [2.24, 2.45) is 0 Å². The molecular formula is C13H21ClN4O. The van der Waals surface area contributed by atoms with Gasteiger partial charge in [-0.2, -0.15) is 5.10 Å². The molecule has 2 N–H and O–H groups in total. The molecule has 5 nitrogen and oxygen atoms in total. The molecule has 1 aromatic rings. The average Bonchev–Trinajstić information content (AvgIpc) is 2.63. The van der Waals surface area contributed by atoms with Crippen molar-refractivity contribution in [3.05, 3.63) is 21.6 Å². The second-order valence-electron chi connectivity index (χ2n) is 5.26. The van der Waals surface area contributed by atoms with Gasteiger partial charge in [0.1, 0.15) is 5.02 Å². The van der Waals surface area contributed by atoms with E-state index >= 15 is 0 Å². The van der Waals surface area contributed by atoms with E-state index in [1.807, 2.05) is 13.8 Å². The lowest BCUT2D eigenvalue weighted by molar-refractivity contribution is 0.502. The Morgan fingerprint density at radius 3 is 3.05 bits per heavy atom. The van der Waals surface area contributed by atoms with Crippen LogP contribution >= 0.6 is 11.6 Å². The second-order valence-corrected chi connectivity index (χ2v) is 5.63. The SMILES string of the molecule is CC(C)n1ncc(NC2CCCCNC2)c(Cl)c1=O. The molecule has 1 aromatic heterocycles. The Labute approximate surface area is 118 Å². The summed E-state index contributed by atoms with van der Waals surface area (Å²) in [7, 11) is 0. The minimum Gasteiger partial charge on any atom is -0.378 e. The standard InChI is InChI=1S/C13H21ClN4O/c1-9(2)18-13(19)12(14)11(8-16-18)17-10-5-3-4-6-15-7-10/h8-10,15,17H,3-7H2,1-2H3. The van der Waals surface area contributed by atoms with E-state index in [-0.39, 0.29) is 16.6 Å². The first-order chi connectivity index (χ1) is 9.09. The fraction of sp³-hybridized carbons (Fsp3) is 0.692. The van der Waals surface area contributed by atoms with Crippen molar-refractivity contribution in [2.45, 2.75) is 45.2 Å². The van der Waals surface area contributed by atoms with E-state index in [4.69, 9.17) is 11.6 Å². The topological polar surface area (TPSA) is 59.0 Å². The minimum absolute atomic E-state index is 0.0126. The van der Waals surface area contributed by atoms with Gasteiger partial charge in [-0.05, 0) is 33.2 Å². The molecule has 1 aliphatic heterocycles. The summed E-state index contributed by atoms with van der Waals surface area (Å²) >= 11 is 6.15. The zero-order valence-electron chi connectivity index (χ0n) is 11.4. The van der Waals surface area contributed by atoms with Crippen LogP contribution in [0.3, 0.4) is 0 Å². The zero-order chi connectivity index (χ0) is 13.8. The van der Waals surface area contributed by atoms with E-state index in [0.29, 0.717) is 11.7 Å². The van der Waals surface area contributed by atoms with Gasteiger partial charge < -0.3 is 10.6 Å². The van der Waals surface area contributed by atoms with Crippen LogP contribution in [-0.2, 0) is 0 Å². The molecule has 2 rings (SSSR count). The average molecular weight is 285 g/mol. The van der Waals surface area contributed by atoms with Gasteiger partial charge in [-0.15, -0.1) is 0 Å². The molecule has 1 atom stereocenters. The van der Waals surface area contributed by atoms with Gasteiger partial charge in [0.2, 0.25) is 0 Å². The van der Waals surface area contributed by atoms with Crippen molar-refractivity contribution in [1.29, 1.82) is 0 Å². The number of rotatable bonds is 3. The highest BCUT2D eigenvalue weighted by Crippen LogP contribution is 2.19. The van der Waals surface area contributed by atoms with E-state index in [0.717, 1.165) is 19.5 Å². The Morgan fingerprint density at radius 2 is 2.32 bits per heavy atom. The van der Waals surface area contributed by atoms with Gasteiger partial charge in [-0.25, -0.2) is 4.68 Å². The molecule has 1 unspecified atom stereocenters. The first kappa shape index (κ1) is 14.3. The number of aromatic nitrogens is 2. The van der Waals surface area contributed by atoms with Crippen LogP contribution in [0, 0.1) is 0 Å². The molecule has 0 saturated carbocycles. The number of anilines is 1. The van der Waals surface area contributed by atoms with Crippen LogP contribution in [0.25, 0.3) is 0 Å². The minimum atomic E-state index is -0.233. The van der Waals surface area contributed by atoms with Crippen molar-refractivity contribution < 1.29 is 0 Å². The third-order valence-corrected chi connectivity index (χ3v) is 3.70. The fourth-order valence-corrected chi connectivity index (χ4v) is 2.47. The van der Waals surface area contributed by atoms with Crippen molar-refractivity contribution in [3.63, 3.8) is 0 Å². The molecule has 0 aliphatic carbocycles. The maximum absolute atomic E-state index is 12.1. The summed E-state index contributed by atoms with van der Waals surface area (Å²) in [6, 6.07) is 0.315. The summed E-state index contributed by atoms with van der Waals surface area (Å²) in [5, 5.41) is 11.1. The predicted octanol–water partition coefficient (Wildman–Crippen LogP) is 2.03. The van der Waals surface area contributed by atoms with E-state index in [1.165, 1.54) is 17.5 Å². The summed E-state index contributed by atoms with van der Waals surface area (Å²) in [5.41, 5.74) is 0.403. The molecular weight excluding hydrogens is 264 g/mol. The third kappa shape index (κ3) is 3.48. The Kier molecular flexibility index (Phi) is 4.82. The Hall–Kier alpha value is -1.07. The lowest BCUT2D eigenvalue weighted by atomic mass is 10.1. The van der Waals surface area contributed by atoms with Crippen molar-refractivity contribution in [1.82, 2.24) is 15.1 Å². The van der Waals surface area contributed by atoms with Gasteiger partial charge in [-0.1, -0.05) is 18.0 Å². The number of hydrogen-bond donors (Lipinski definition) is 2. The van der Waals surface area contributed by atoms with Gasteiger partial charge in [0.25, 0.3) is 5.56 Å². The van der Waals surface area contributed by atoms with E-state index in [9.17, 15) is 4.79 Å². The molecule has 106 valence electrons. The molecule has 1 aliphatic rings. The summed E-state index contributed by atoms with van der Waals surface area (Å²) < 4.78 is 1.40. The van der Waals surface area contributed by atoms with E-state index < -0.39 is 0 Å². The van der Waals surface area contributed by atoms with Crippen LogP contribution in [0.5, 0.6) is 0 Å². The largest absolute Gasteiger partial charge is 0.378 e. The highest BCUT2D eigenvalue weighted by Gasteiger charge is 2.16. The van der Waals surface area contributed by atoms with Crippen LogP contribution in [0.15, 0.2) is 11.0 Å². The lowest BCUT2D eigenvalue weighted by Gasteiger charge is -2.19. The van der Waals surface area contributed by atoms with Crippen molar-refractivity contribution >= 4 is 17.3 Å². The highest BCUT2D eigenvalue weighted by atomic mass is 35.5. The molecule has 1 saturated heterocycles. The molecule has 0 amide bonds. The maximum atomic E-state index is 12.1. The molecule has 0 spiro atoms. The quantitative estimate of drug-likeness (QED) is 0.892. The molecule has 2 heterocycles. The van der Waals surface area contributed by atoms with Gasteiger partial charge in [0.05, 0.1) is 17.9 Å². The summed E-state index contributed by atoms with van der Waals surface area (Å²) in [6.07, 6.45) is 5.10. The van der Waals surface area contributed by atoms with Crippen LogP contribution in [0.1, 0.15) is 39.2 Å². The molecule has 0 bridgehead atoms. The van der Waals surface area contributed by atoms with Gasteiger partial charge >= 0.3 is 0 Å². The van der Waals surface area contributed by atoms with Gasteiger partial charge in [0, 0.05) is 12.6 Å². The molecule has 1 fully saturated rings. The first-order valence-corrected chi connectivity index (χ1v) is 7.22. The lowest BCUT2D eigenvalue weighted by Crippen LogP contribution is -2.32. The maximum Gasteiger partial charge on any atom is 0.287 e. The number of nitrogens with one attached hydrogen (secondary N) is 2. The second kappa shape index (κ2) is 6.39. The normalized spacial score (nSPS) is 20.3. The van der Waals surface area contributed by atoms with Crippen molar-refractivity contribution in [3.8, 4) is 0 Å². The van der Waals surface area contributed by atoms with Crippen LogP contribution in [-0.4, -0.2) is 28.9 Å². The monoisotopic (exact) mass is 284 g/mol. The molecule has 0 aromatic carbocycles. The number of halogens is 1.